The van der Waals surface area contributed by atoms with Gasteiger partial charge in [0.2, 0.25) is 5.91 Å². The number of unbranched alkanes of at least 4 members (excludes halogenated alkanes) is 22. The lowest BCUT2D eigenvalue weighted by molar-refractivity contribution is -0.359. The molecule has 2 aliphatic heterocycles. The number of rotatable bonds is 51. The molecule has 476 valence electrons. The minimum atomic E-state index is -1.80. The molecule has 2 fully saturated rings. The molecule has 12 unspecified atom stereocenters. The van der Waals surface area contributed by atoms with Crippen molar-refractivity contribution < 1.29 is 64.6 Å². The molecule has 2 saturated heterocycles. The number of aliphatic hydroxyl groups is 8. The van der Waals surface area contributed by atoms with Crippen molar-refractivity contribution in [3.05, 3.63) is 109 Å². The number of allylic oxidation sites excluding steroid dienone is 17. The molecule has 0 radical (unpaired) electrons. The van der Waals surface area contributed by atoms with Gasteiger partial charge in [-0.25, -0.2) is 0 Å². The molecule has 0 saturated carbocycles. The van der Waals surface area contributed by atoms with Crippen molar-refractivity contribution in [1.82, 2.24) is 5.32 Å². The molecule has 14 nitrogen and oxygen atoms in total. The van der Waals surface area contributed by atoms with Crippen LogP contribution in [0.1, 0.15) is 226 Å². The van der Waals surface area contributed by atoms with Gasteiger partial charge in [0.1, 0.15) is 48.8 Å². The zero-order valence-electron chi connectivity index (χ0n) is 51.4. The number of hydrogen-bond acceptors (Lipinski definition) is 13. The average molecular weight is 1170 g/mol. The number of carbonyl (C=O) groups is 1. The smallest absolute Gasteiger partial charge is 0.220 e. The summed E-state index contributed by atoms with van der Waals surface area (Å²) in [6.45, 7) is 2.66. The normalized spacial score (nSPS) is 24.6. The first-order valence-electron chi connectivity index (χ1n) is 32.6. The highest BCUT2D eigenvalue weighted by Gasteiger charge is 2.51. The summed E-state index contributed by atoms with van der Waals surface area (Å²) in [5.41, 5.74) is 0. The molecule has 12 atom stereocenters. The van der Waals surface area contributed by atoms with Crippen LogP contribution in [0, 0.1) is 0 Å². The van der Waals surface area contributed by atoms with Crippen molar-refractivity contribution in [2.75, 3.05) is 19.8 Å². The molecule has 83 heavy (non-hydrogen) atoms. The maximum atomic E-state index is 13.3. The zero-order chi connectivity index (χ0) is 60.2. The first kappa shape index (κ1) is 75.7. The van der Waals surface area contributed by atoms with Crippen molar-refractivity contribution in [3.8, 4) is 0 Å². The Hall–Kier alpha value is -3.35. The fraction of sp³-hybridized carbons (Fsp3) is 0.725. The van der Waals surface area contributed by atoms with Gasteiger partial charge in [-0.1, -0.05) is 245 Å². The Balaban J connectivity index is 1.77. The summed E-state index contributed by atoms with van der Waals surface area (Å²) in [4.78, 5) is 13.3. The van der Waals surface area contributed by atoms with E-state index < -0.39 is 86.8 Å². The molecule has 0 spiro atoms. The van der Waals surface area contributed by atoms with E-state index in [0.29, 0.717) is 6.42 Å². The predicted molar refractivity (Wildman–Crippen MR) is 336 cm³/mol. The third-order valence-corrected chi connectivity index (χ3v) is 15.2. The van der Waals surface area contributed by atoms with Crippen LogP contribution >= 0.6 is 0 Å². The summed E-state index contributed by atoms with van der Waals surface area (Å²) < 4.78 is 22.8. The highest BCUT2D eigenvalue weighted by atomic mass is 16.7. The van der Waals surface area contributed by atoms with Crippen molar-refractivity contribution in [1.29, 1.82) is 0 Å². The van der Waals surface area contributed by atoms with E-state index in [1.165, 1.54) is 116 Å². The summed E-state index contributed by atoms with van der Waals surface area (Å²) in [7, 11) is 0. The van der Waals surface area contributed by atoms with Gasteiger partial charge in [-0.15, -0.1) is 0 Å². The summed E-state index contributed by atoms with van der Waals surface area (Å²) in [5.74, 6) is -0.284. The van der Waals surface area contributed by atoms with Crippen molar-refractivity contribution in [2.45, 2.75) is 299 Å². The maximum Gasteiger partial charge on any atom is 0.220 e. The van der Waals surface area contributed by atoms with Crippen molar-refractivity contribution >= 4 is 5.91 Å². The Kier molecular flexibility index (Phi) is 48.3. The van der Waals surface area contributed by atoms with Gasteiger partial charge in [-0.3, -0.25) is 4.79 Å². The number of ether oxygens (including phenoxy) is 4. The minimum absolute atomic E-state index is 0.219. The Bertz CT molecular complexity index is 1810. The molecule has 9 N–H and O–H groups in total. The Morgan fingerprint density at radius 1 is 0.446 bits per heavy atom. The molecule has 0 aromatic rings. The average Bonchev–Trinajstić information content (AvgIpc) is 3.65. The van der Waals surface area contributed by atoms with Gasteiger partial charge in [0.05, 0.1) is 32.0 Å². The van der Waals surface area contributed by atoms with E-state index in [4.69, 9.17) is 18.9 Å². The lowest BCUT2D eigenvalue weighted by Gasteiger charge is -2.46. The third-order valence-electron chi connectivity index (χ3n) is 15.2. The van der Waals surface area contributed by atoms with Gasteiger partial charge >= 0.3 is 0 Å². The lowest BCUT2D eigenvalue weighted by atomic mass is 9.97. The Labute approximate surface area is 502 Å². The highest BCUT2D eigenvalue weighted by Crippen LogP contribution is 2.30. The van der Waals surface area contributed by atoms with Crippen LogP contribution in [0.4, 0.5) is 0 Å². The van der Waals surface area contributed by atoms with E-state index >= 15 is 0 Å². The van der Waals surface area contributed by atoms with Crippen molar-refractivity contribution in [2.24, 2.45) is 0 Å². The van der Waals surface area contributed by atoms with Crippen LogP contribution in [0.5, 0.6) is 0 Å². The molecule has 1 amide bonds. The molecule has 0 aromatic carbocycles. The van der Waals surface area contributed by atoms with Gasteiger partial charge in [0.25, 0.3) is 0 Å². The van der Waals surface area contributed by atoms with Crippen LogP contribution in [0.25, 0.3) is 0 Å². The summed E-state index contributed by atoms with van der Waals surface area (Å²) in [5, 5.41) is 87.3. The van der Waals surface area contributed by atoms with Crippen LogP contribution in [-0.2, 0) is 23.7 Å². The van der Waals surface area contributed by atoms with E-state index in [1.54, 1.807) is 6.08 Å². The van der Waals surface area contributed by atoms with Crippen molar-refractivity contribution in [3.63, 3.8) is 0 Å². The Morgan fingerprint density at radius 3 is 1.28 bits per heavy atom. The van der Waals surface area contributed by atoms with E-state index in [1.807, 2.05) is 6.08 Å². The van der Waals surface area contributed by atoms with E-state index in [0.717, 1.165) is 83.5 Å². The van der Waals surface area contributed by atoms with E-state index in [2.05, 4.69) is 116 Å². The number of nitrogens with one attached hydrogen (secondary N) is 1. The van der Waals surface area contributed by atoms with Crippen LogP contribution in [0.2, 0.25) is 0 Å². The zero-order valence-corrected chi connectivity index (χ0v) is 51.4. The SMILES string of the molecule is CC/C=C\C/C=C\C/C=C\C/C=C\C/C=C\C/C=C\C/C=C\C/C=C\CCCCC(=O)NC(COC1OC(CO)C(OC2OC(CO)C(O)C(O)C2O)C(O)C1O)C(O)/C=C/CCCCCCCCCCCCCCCCCCCCCC. The van der Waals surface area contributed by atoms with Crippen LogP contribution < -0.4 is 5.32 Å². The molecule has 2 rings (SSSR count). The summed E-state index contributed by atoms with van der Waals surface area (Å²) in [6, 6.07) is -0.947. The molecule has 2 heterocycles. The third kappa shape index (κ3) is 37.7. The second-order valence-electron chi connectivity index (χ2n) is 22.5. The predicted octanol–water partition coefficient (Wildman–Crippen LogP) is 12.4. The number of hydrogen-bond donors (Lipinski definition) is 9. The highest BCUT2D eigenvalue weighted by molar-refractivity contribution is 5.76. The van der Waals surface area contributed by atoms with Gasteiger partial charge in [-0.2, -0.15) is 0 Å². The van der Waals surface area contributed by atoms with Crippen LogP contribution in [0.15, 0.2) is 109 Å². The summed E-state index contributed by atoms with van der Waals surface area (Å²) >= 11 is 0. The van der Waals surface area contributed by atoms with Gasteiger partial charge in [0.15, 0.2) is 12.6 Å². The largest absolute Gasteiger partial charge is 0.394 e. The van der Waals surface area contributed by atoms with E-state index in [9.17, 15) is 45.6 Å². The topological polar surface area (TPSA) is 228 Å². The van der Waals surface area contributed by atoms with Gasteiger partial charge in [-0.05, 0) is 83.5 Å². The van der Waals surface area contributed by atoms with Gasteiger partial charge in [0, 0.05) is 6.42 Å². The summed E-state index contributed by atoms with van der Waals surface area (Å²) in [6.07, 6.45) is 58.4. The molecule has 0 bridgehead atoms. The minimum Gasteiger partial charge on any atom is -0.394 e. The standard InChI is InChI=1S/C69H117NO13/c1-3-5-7-9-11-13-15-17-19-21-23-25-27-28-29-30-31-33-35-37-39-41-43-45-47-49-51-53-61(74)70-57(56-80-68-66(79)64(77)67(60(55-72)82-68)83-69-65(78)63(76)62(75)59(54-71)81-69)58(73)52-50-48-46-44-42-40-38-36-34-32-26-24-22-20-18-16-14-12-10-8-6-4-2/h5,7,11,13,17,19,23,25,28-29,31,33,37,39,43,45,50,52,57-60,62-69,71-73,75-79H,3-4,6,8-10,12,14-16,18,20-22,24,26-27,30,32,34-36,38,40-42,44,46-49,51,53-56H2,1-2H3,(H,70,74)/b7-5-,13-11-,19-17-,25-23-,29-28-,33-31-,39-37-,45-43-,52-50+. The second kappa shape index (κ2) is 52.9. The second-order valence-corrected chi connectivity index (χ2v) is 22.5. The molecule has 0 aliphatic carbocycles. The molecule has 0 aromatic heterocycles. The quantitative estimate of drug-likeness (QED) is 0.0204. The van der Waals surface area contributed by atoms with Crippen LogP contribution in [0.3, 0.4) is 0 Å². The number of amides is 1. The van der Waals surface area contributed by atoms with Crippen LogP contribution in [-0.4, -0.2) is 140 Å². The Morgan fingerprint density at radius 2 is 0.831 bits per heavy atom. The van der Waals surface area contributed by atoms with E-state index in [-0.39, 0.29) is 18.9 Å². The number of aliphatic hydroxyl groups excluding tert-OH is 8. The molecule has 2 aliphatic rings. The lowest BCUT2D eigenvalue weighted by Crippen LogP contribution is -2.65. The fourth-order valence-corrected chi connectivity index (χ4v) is 10.0. The first-order valence-corrected chi connectivity index (χ1v) is 32.6. The monoisotopic (exact) mass is 1170 g/mol. The maximum absolute atomic E-state index is 13.3. The van der Waals surface area contributed by atoms with Gasteiger partial charge < -0.3 is 65.1 Å². The molecule has 14 heteroatoms. The number of carbonyl (C=O) groups excluding carboxylic acids is 1. The fourth-order valence-electron chi connectivity index (χ4n) is 10.0. The molecular formula is C69H117NO13. The first-order chi connectivity index (χ1) is 40.6. The molecular weight excluding hydrogens is 1050 g/mol.